The molecule has 2 heterocycles. The number of benzene rings is 8. The first kappa shape index (κ1) is 11.3. The third kappa shape index (κ3) is 4.37. The van der Waals surface area contributed by atoms with Crippen LogP contribution < -0.4 is 4.90 Å². The summed E-state index contributed by atoms with van der Waals surface area (Å²) in [7, 11) is 0. The van der Waals surface area contributed by atoms with E-state index in [4.69, 9.17) is 29.1 Å². The van der Waals surface area contributed by atoms with Crippen LogP contribution in [-0.4, -0.2) is 4.57 Å². The van der Waals surface area contributed by atoms with Crippen molar-refractivity contribution in [1.29, 1.82) is 0 Å². The summed E-state index contributed by atoms with van der Waals surface area (Å²) in [5, 5.41) is -3.15. The highest BCUT2D eigenvalue weighted by Gasteiger charge is 2.22. The van der Waals surface area contributed by atoms with Gasteiger partial charge in [-0.1, -0.05) is 121 Å². The van der Waals surface area contributed by atoms with E-state index in [0.717, 1.165) is 6.07 Å². The zero-order chi connectivity index (χ0) is 57.5. The standard InChI is InChI=1S/C46H30N2O/c1-3-12-31(13-4-1)32-22-25-35(26-23-32)47(44-21-11-19-39-40-28-24-33-14-7-8-17-37(33)45(40)49-46(39)44)36-27-29-43-41(30-36)38-18-9-10-20-42(38)48(43)34-15-5-2-6-16-34/h1-30H/i1D,2D,3D,4D,5D,6D,7D,8D,9D,10D,11D,12D,13D,15D,16D,17D,18D,19D,20D,21D,22D,23D,24D,25D,26D,27D,28D,29D,30D. The topological polar surface area (TPSA) is 21.3 Å². The molecule has 3 heteroatoms. The molecule has 10 aromatic rings. The van der Waals surface area contributed by atoms with Crippen LogP contribution in [0.4, 0.5) is 17.1 Å². The monoisotopic (exact) mass is 655 g/mol. The highest BCUT2D eigenvalue weighted by atomic mass is 16.3. The minimum Gasteiger partial charge on any atom is -0.453 e. The van der Waals surface area contributed by atoms with E-state index in [1.165, 1.54) is 0 Å². The van der Waals surface area contributed by atoms with Gasteiger partial charge in [0.1, 0.15) is 5.58 Å². The molecule has 0 saturated heterocycles. The molecule has 0 saturated carbocycles. The fraction of sp³-hybridized carbons (Fsp3) is 0. The lowest BCUT2D eigenvalue weighted by Gasteiger charge is -2.26. The Hall–Kier alpha value is -6.58. The highest BCUT2D eigenvalue weighted by molar-refractivity contribution is 6.18. The fourth-order valence-electron chi connectivity index (χ4n) is 5.58. The number of nitrogens with zero attached hydrogens (tertiary/aromatic N) is 2. The van der Waals surface area contributed by atoms with Crippen molar-refractivity contribution in [3.63, 3.8) is 0 Å². The third-order valence-electron chi connectivity index (χ3n) is 7.67. The Kier molecular flexibility index (Phi) is 2.53. The van der Waals surface area contributed by atoms with Crippen LogP contribution in [-0.2, 0) is 0 Å². The molecule has 10 rings (SSSR count). The molecule has 0 N–H and O–H groups in total. The van der Waals surface area contributed by atoms with E-state index in [9.17, 15) is 15.1 Å². The average Bonchev–Trinajstić information content (AvgIpc) is 3.72. The van der Waals surface area contributed by atoms with Crippen LogP contribution >= 0.6 is 0 Å². The molecule has 3 nitrogen and oxygen atoms in total. The predicted octanol–water partition coefficient (Wildman–Crippen LogP) is 13.0. The Balaban J connectivity index is 1.49. The Morgan fingerprint density at radius 3 is 1.96 bits per heavy atom. The second-order valence-electron chi connectivity index (χ2n) is 10.4. The summed E-state index contributed by atoms with van der Waals surface area (Å²) in [6.45, 7) is 0. The van der Waals surface area contributed by atoms with Crippen LogP contribution in [0.2, 0.25) is 0 Å². The van der Waals surface area contributed by atoms with Crippen molar-refractivity contribution in [1.82, 2.24) is 4.57 Å². The van der Waals surface area contributed by atoms with Gasteiger partial charge in [-0.15, -0.1) is 0 Å². The number of rotatable bonds is 5. The zero-order valence-electron chi connectivity index (χ0n) is 53.4. The lowest BCUT2D eigenvalue weighted by Crippen LogP contribution is -2.10. The van der Waals surface area contributed by atoms with Gasteiger partial charge in [0.2, 0.25) is 0 Å². The average molecular weight is 656 g/mol. The quantitative estimate of drug-likeness (QED) is 0.184. The van der Waals surface area contributed by atoms with E-state index in [1.54, 1.807) is 0 Å². The Labute approximate surface area is 324 Å². The van der Waals surface area contributed by atoms with Crippen molar-refractivity contribution < 1.29 is 44.2 Å². The second-order valence-corrected chi connectivity index (χ2v) is 10.4. The van der Waals surface area contributed by atoms with Gasteiger partial charge in [-0.3, -0.25) is 0 Å². The molecule has 0 aliphatic carbocycles. The minimum absolute atomic E-state index is 0.270. The number of fused-ring (bicyclic) bond motifs is 8. The summed E-state index contributed by atoms with van der Waals surface area (Å²) in [5.74, 6) is 0. The number of hydrogen-bond acceptors (Lipinski definition) is 2. The van der Waals surface area contributed by atoms with Crippen LogP contribution in [0.15, 0.2) is 186 Å². The van der Waals surface area contributed by atoms with Gasteiger partial charge >= 0.3 is 0 Å². The maximum absolute atomic E-state index is 10.1. The molecule has 0 bridgehead atoms. The molecule has 230 valence electrons. The summed E-state index contributed by atoms with van der Waals surface area (Å²) >= 11 is 0. The third-order valence-corrected chi connectivity index (χ3v) is 7.67. The molecule has 2 aromatic heterocycles. The molecule has 0 unspecified atom stereocenters. The minimum atomic E-state index is -1.23. The van der Waals surface area contributed by atoms with Gasteiger partial charge in [-0.2, -0.15) is 0 Å². The number of hydrogen-bond donors (Lipinski definition) is 0. The number of anilines is 3. The van der Waals surface area contributed by atoms with Crippen molar-refractivity contribution in [2.75, 3.05) is 4.90 Å². The van der Waals surface area contributed by atoms with Crippen LogP contribution in [0.25, 0.3) is 71.3 Å². The van der Waals surface area contributed by atoms with Gasteiger partial charge in [0.05, 0.1) is 56.5 Å². The van der Waals surface area contributed by atoms with Crippen molar-refractivity contribution in [3.8, 4) is 16.8 Å². The predicted molar refractivity (Wildman–Crippen MR) is 206 cm³/mol. The first-order chi connectivity index (χ1) is 36.4. The highest BCUT2D eigenvalue weighted by Crippen LogP contribution is 2.45. The first-order valence-corrected chi connectivity index (χ1v) is 14.3. The Morgan fingerprint density at radius 1 is 0.449 bits per heavy atom. The summed E-state index contributed by atoms with van der Waals surface area (Å²) in [4.78, 5) is 0.464. The maximum atomic E-state index is 10.1. The van der Waals surface area contributed by atoms with Crippen molar-refractivity contribution in [2.24, 2.45) is 0 Å². The molecular formula is C46H30N2O. The van der Waals surface area contributed by atoms with E-state index in [-0.39, 0.29) is 10.8 Å². The molecule has 49 heavy (non-hydrogen) atoms. The summed E-state index contributed by atoms with van der Waals surface area (Å²) in [6, 6.07) is -26.8. The number of furan rings is 1. The molecule has 0 atom stereocenters. The smallest absolute Gasteiger partial charge is 0.159 e. The van der Waals surface area contributed by atoms with Gasteiger partial charge in [0.15, 0.2) is 5.58 Å². The number of para-hydroxylation sites is 3. The summed E-state index contributed by atoms with van der Waals surface area (Å²) in [5.41, 5.74) is -8.42. The lowest BCUT2D eigenvalue weighted by molar-refractivity contribution is 0.673. The van der Waals surface area contributed by atoms with Crippen LogP contribution in [0, 0.1) is 0 Å². The van der Waals surface area contributed by atoms with Gasteiger partial charge in [0.25, 0.3) is 0 Å². The zero-order valence-corrected chi connectivity index (χ0v) is 24.4. The van der Waals surface area contributed by atoms with E-state index in [2.05, 4.69) is 0 Å². The summed E-state index contributed by atoms with van der Waals surface area (Å²) in [6.07, 6.45) is 0. The summed E-state index contributed by atoms with van der Waals surface area (Å²) < 4.78 is 267. The molecule has 0 spiro atoms. The van der Waals surface area contributed by atoms with Crippen molar-refractivity contribution >= 4 is 71.6 Å². The van der Waals surface area contributed by atoms with Crippen LogP contribution in [0.3, 0.4) is 0 Å². The molecule has 0 aliphatic rings. The largest absolute Gasteiger partial charge is 0.453 e. The molecule has 0 radical (unpaired) electrons. The molecule has 0 fully saturated rings. The molecule has 0 aliphatic heterocycles. The Bertz CT molecular complexity index is 4420. The van der Waals surface area contributed by atoms with Crippen molar-refractivity contribution in [3.05, 3.63) is 181 Å². The lowest BCUT2D eigenvalue weighted by atomic mass is 10.0. The SMILES string of the molecule is [2H]c1cc2c([2H])c([2H])c3c(oc4c(N(c5c([2H])c([2H])c(-c6c([2H])c([2H])c([2H])c([2H])c6[2H])c([2H])c5[2H])c5c([2H])c([2H])c6c(c5[2H])c5c([2H])c([2H])c([2H])c([2H])c5n6-c5c([2H])c([2H])c([2H])c([2H])c5[2H])c([2H])c([2H])c([2H])c43)c2c([2H])c1[2H]. The van der Waals surface area contributed by atoms with E-state index in [0.29, 0.717) is 9.47 Å². The van der Waals surface area contributed by atoms with Gasteiger partial charge < -0.3 is 13.9 Å². The van der Waals surface area contributed by atoms with Crippen LogP contribution in [0.1, 0.15) is 39.8 Å². The second kappa shape index (κ2) is 11.0. The van der Waals surface area contributed by atoms with Gasteiger partial charge in [-0.25, -0.2) is 0 Å². The van der Waals surface area contributed by atoms with Crippen LogP contribution in [0.5, 0.6) is 0 Å². The van der Waals surface area contributed by atoms with E-state index >= 15 is 0 Å². The molecular weight excluding hydrogens is 597 g/mol. The molecule has 0 amide bonds. The van der Waals surface area contributed by atoms with Gasteiger partial charge in [0, 0.05) is 44.0 Å². The Morgan fingerprint density at radius 2 is 1.10 bits per heavy atom. The van der Waals surface area contributed by atoms with E-state index in [1.807, 2.05) is 0 Å². The molecule has 8 aromatic carbocycles. The van der Waals surface area contributed by atoms with Gasteiger partial charge in [-0.05, 0) is 76.9 Å². The fourth-order valence-corrected chi connectivity index (χ4v) is 5.58. The van der Waals surface area contributed by atoms with E-state index < -0.39 is 253 Å². The maximum Gasteiger partial charge on any atom is 0.159 e. The van der Waals surface area contributed by atoms with Crippen molar-refractivity contribution in [2.45, 2.75) is 0 Å². The normalized spacial score (nSPS) is 20.0. The first-order valence-electron chi connectivity index (χ1n) is 28.8. The number of aromatic nitrogens is 1.